The number of nitrogens with zero attached hydrogens (tertiary/aromatic N) is 1. The van der Waals surface area contributed by atoms with Gasteiger partial charge in [-0.05, 0) is 45.7 Å². The van der Waals surface area contributed by atoms with Crippen LogP contribution in [0.4, 0.5) is 10.5 Å². The Labute approximate surface area is 138 Å². The van der Waals surface area contributed by atoms with E-state index in [-0.39, 0.29) is 13.1 Å². The highest BCUT2D eigenvalue weighted by Crippen LogP contribution is 2.26. The maximum atomic E-state index is 12.1. The summed E-state index contributed by atoms with van der Waals surface area (Å²) in [6.07, 6.45) is 0.597. The van der Waals surface area contributed by atoms with E-state index in [0.717, 1.165) is 17.4 Å². The quantitative estimate of drug-likeness (QED) is 0.892. The van der Waals surface area contributed by atoms with E-state index in [1.54, 1.807) is 20.8 Å². The molecular weight excluding hydrogens is 316 g/mol. The zero-order chi connectivity index (χ0) is 17.8. The predicted octanol–water partition coefficient (Wildman–Crippen LogP) is 2.59. The smallest absolute Gasteiger partial charge is 0.407 e. The molecule has 0 aromatic heterocycles. The molecule has 0 heterocycles. The number of carbonyl (C=O) groups excluding carboxylic acids is 1. The maximum Gasteiger partial charge on any atom is 0.407 e. The van der Waals surface area contributed by atoms with Crippen molar-refractivity contribution in [3.63, 3.8) is 0 Å². The Morgan fingerprint density at radius 2 is 1.74 bits per heavy atom. The van der Waals surface area contributed by atoms with Crippen molar-refractivity contribution in [3.8, 4) is 0 Å². The summed E-state index contributed by atoms with van der Waals surface area (Å²) in [5.41, 5.74) is 1.80. The molecule has 0 radical (unpaired) electrons. The number of sulfonamides is 1. The van der Waals surface area contributed by atoms with Crippen LogP contribution in [-0.2, 0) is 14.8 Å². The van der Waals surface area contributed by atoms with E-state index in [1.807, 2.05) is 32.0 Å². The lowest BCUT2D eigenvalue weighted by molar-refractivity contribution is 0.0529. The van der Waals surface area contributed by atoms with Gasteiger partial charge in [0.15, 0.2) is 0 Å². The van der Waals surface area contributed by atoms with Crippen LogP contribution in [0, 0.1) is 13.8 Å². The number of alkyl carbamates (subject to hydrolysis) is 1. The Morgan fingerprint density at radius 1 is 1.22 bits per heavy atom. The topological polar surface area (TPSA) is 75.7 Å². The highest BCUT2D eigenvalue weighted by atomic mass is 32.2. The number of benzene rings is 1. The molecule has 23 heavy (non-hydrogen) atoms. The van der Waals surface area contributed by atoms with Crippen LogP contribution in [0.25, 0.3) is 0 Å². The van der Waals surface area contributed by atoms with E-state index >= 15 is 0 Å². The van der Waals surface area contributed by atoms with Crippen molar-refractivity contribution in [1.82, 2.24) is 5.32 Å². The lowest BCUT2D eigenvalue weighted by atomic mass is 10.1. The largest absolute Gasteiger partial charge is 0.444 e. The van der Waals surface area contributed by atoms with Crippen LogP contribution in [0.3, 0.4) is 0 Å². The van der Waals surface area contributed by atoms with Crippen LogP contribution < -0.4 is 9.62 Å². The third kappa shape index (κ3) is 6.09. The molecule has 130 valence electrons. The fourth-order valence-electron chi connectivity index (χ4n) is 2.22. The maximum absolute atomic E-state index is 12.1. The summed E-state index contributed by atoms with van der Waals surface area (Å²) in [5.74, 6) is 0. The third-order valence-corrected chi connectivity index (χ3v) is 4.24. The van der Waals surface area contributed by atoms with Crippen molar-refractivity contribution >= 4 is 21.8 Å². The first-order valence-corrected chi connectivity index (χ1v) is 9.27. The van der Waals surface area contributed by atoms with E-state index < -0.39 is 21.7 Å². The van der Waals surface area contributed by atoms with Gasteiger partial charge in [-0.2, -0.15) is 0 Å². The lowest BCUT2D eigenvalue weighted by Crippen LogP contribution is -2.40. The molecule has 0 aliphatic rings. The molecule has 0 aliphatic heterocycles. The van der Waals surface area contributed by atoms with E-state index in [2.05, 4.69) is 5.32 Å². The Bertz CT molecular complexity index is 643. The van der Waals surface area contributed by atoms with Gasteiger partial charge in [-0.1, -0.05) is 18.2 Å². The van der Waals surface area contributed by atoms with E-state index in [9.17, 15) is 13.2 Å². The molecule has 0 unspecified atom stereocenters. The van der Waals surface area contributed by atoms with Crippen molar-refractivity contribution < 1.29 is 17.9 Å². The van der Waals surface area contributed by atoms with Gasteiger partial charge in [0.1, 0.15) is 5.60 Å². The minimum atomic E-state index is -3.45. The Kier molecular flexibility index (Phi) is 6.04. The Morgan fingerprint density at radius 3 is 2.17 bits per heavy atom. The molecular formula is C16H26N2O4S. The number of hydrogen-bond donors (Lipinski definition) is 1. The molecule has 1 N–H and O–H groups in total. The average Bonchev–Trinajstić information content (AvgIpc) is 2.33. The van der Waals surface area contributed by atoms with Crippen LogP contribution in [0.5, 0.6) is 0 Å². The first-order valence-electron chi connectivity index (χ1n) is 7.42. The van der Waals surface area contributed by atoms with Crippen molar-refractivity contribution in [2.75, 3.05) is 23.7 Å². The second-order valence-corrected chi connectivity index (χ2v) is 8.41. The molecule has 0 atom stereocenters. The summed E-state index contributed by atoms with van der Waals surface area (Å²) >= 11 is 0. The van der Waals surface area contributed by atoms with Gasteiger partial charge in [0.2, 0.25) is 10.0 Å². The SMILES string of the molecule is Cc1cccc(C)c1N(CCNC(=O)OC(C)(C)C)S(C)(=O)=O. The van der Waals surface area contributed by atoms with E-state index in [0.29, 0.717) is 5.69 Å². The van der Waals surface area contributed by atoms with Gasteiger partial charge in [0.25, 0.3) is 0 Å². The van der Waals surface area contributed by atoms with Crippen LogP contribution in [-0.4, -0.2) is 39.5 Å². The highest BCUT2D eigenvalue weighted by Gasteiger charge is 2.21. The number of hydrogen-bond acceptors (Lipinski definition) is 4. The molecule has 1 aromatic carbocycles. The first-order chi connectivity index (χ1) is 10.4. The number of nitrogens with one attached hydrogen (secondary N) is 1. The number of amides is 1. The van der Waals surface area contributed by atoms with E-state index in [1.165, 1.54) is 4.31 Å². The Balaban J connectivity index is 2.85. The molecule has 0 saturated carbocycles. The van der Waals surface area contributed by atoms with Gasteiger partial charge >= 0.3 is 6.09 Å². The number of carbonyl (C=O) groups is 1. The standard InChI is InChI=1S/C16H26N2O4S/c1-12-8-7-9-13(2)14(12)18(23(6,20)21)11-10-17-15(19)22-16(3,4)5/h7-9H,10-11H2,1-6H3,(H,17,19). The van der Waals surface area contributed by atoms with Crippen molar-refractivity contribution in [1.29, 1.82) is 0 Å². The number of para-hydroxylation sites is 1. The van der Waals surface area contributed by atoms with Gasteiger partial charge in [-0.15, -0.1) is 0 Å². The van der Waals surface area contributed by atoms with Gasteiger partial charge in [0, 0.05) is 6.54 Å². The van der Waals surface area contributed by atoms with Gasteiger partial charge in [-0.25, -0.2) is 13.2 Å². The van der Waals surface area contributed by atoms with Crippen LogP contribution >= 0.6 is 0 Å². The fourth-order valence-corrected chi connectivity index (χ4v) is 3.26. The van der Waals surface area contributed by atoms with Crippen molar-refractivity contribution in [2.45, 2.75) is 40.2 Å². The number of rotatable bonds is 5. The van der Waals surface area contributed by atoms with E-state index in [4.69, 9.17) is 4.74 Å². The summed E-state index contributed by atoms with van der Waals surface area (Å²) in [7, 11) is -3.45. The molecule has 7 heteroatoms. The fraction of sp³-hybridized carbons (Fsp3) is 0.562. The second kappa shape index (κ2) is 7.21. The van der Waals surface area contributed by atoms with Crippen LogP contribution in [0.2, 0.25) is 0 Å². The first kappa shape index (κ1) is 19.3. The molecule has 0 saturated heterocycles. The van der Waals surface area contributed by atoms with Crippen molar-refractivity contribution in [2.24, 2.45) is 0 Å². The Hall–Kier alpha value is -1.76. The van der Waals surface area contributed by atoms with Gasteiger partial charge < -0.3 is 10.1 Å². The molecule has 1 aromatic rings. The minimum absolute atomic E-state index is 0.143. The zero-order valence-electron chi connectivity index (χ0n) is 14.6. The summed E-state index contributed by atoms with van der Waals surface area (Å²) < 4.78 is 30.7. The molecule has 6 nitrogen and oxygen atoms in total. The molecule has 1 rings (SSSR count). The molecule has 0 bridgehead atoms. The molecule has 0 fully saturated rings. The summed E-state index contributed by atoms with van der Waals surface area (Å²) in [6.45, 7) is 9.34. The summed E-state index contributed by atoms with van der Waals surface area (Å²) in [6, 6.07) is 5.61. The second-order valence-electron chi connectivity index (χ2n) is 6.50. The van der Waals surface area contributed by atoms with Crippen LogP contribution in [0.1, 0.15) is 31.9 Å². The number of ether oxygens (including phenoxy) is 1. The molecule has 0 aliphatic carbocycles. The zero-order valence-corrected chi connectivity index (χ0v) is 15.5. The summed E-state index contributed by atoms with van der Waals surface area (Å²) in [5, 5.41) is 2.58. The lowest BCUT2D eigenvalue weighted by Gasteiger charge is -2.26. The molecule has 1 amide bonds. The third-order valence-electron chi connectivity index (χ3n) is 3.07. The number of anilines is 1. The summed E-state index contributed by atoms with van der Waals surface area (Å²) in [4.78, 5) is 11.7. The number of aryl methyl sites for hydroxylation is 2. The van der Waals surface area contributed by atoms with Gasteiger partial charge in [-0.3, -0.25) is 4.31 Å². The predicted molar refractivity (Wildman–Crippen MR) is 92.3 cm³/mol. The molecule has 0 spiro atoms. The highest BCUT2D eigenvalue weighted by molar-refractivity contribution is 7.92. The normalized spacial score (nSPS) is 11.9. The minimum Gasteiger partial charge on any atom is -0.444 e. The van der Waals surface area contributed by atoms with Crippen molar-refractivity contribution in [3.05, 3.63) is 29.3 Å². The van der Waals surface area contributed by atoms with Gasteiger partial charge in [0.05, 0.1) is 18.5 Å². The van der Waals surface area contributed by atoms with Crippen LogP contribution in [0.15, 0.2) is 18.2 Å². The average molecular weight is 342 g/mol. The monoisotopic (exact) mass is 342 g/mol.